The van der Waals surface area contributed by atoms with Crippen molar-refractivity contribution in [3.8, 4) is 11.8 Å². The van der Waals surface area contributed by atoms with Crippen LogP contribution in [0.25, 0.3) is 0 Å². The lowest BCUT2D eigenvalue weighted by molar-refractivity contribution is -0.144. The van der Waals surface area contributed by atoms with E-state index in [1.54, 1.807) is 18.7 Å². The highest BCUT2D eigenvalue weighted by molar-refractivity contribution is 7.99. The van der Waals surface area contributed by atoms with Crippen LogP contribution in [0.4, 0.5) is 0 Å². The first-order valence-electron chi connectivity index (χ1n) is 6.28. The third kappa shape index (κ3) is 6.90. The standard InChI is InChI=1S/C15H19NO2S/c1-2-18-15(17)14(16)10-12-19-11-6-9-13-7-4-3-5-8-13/h3-5,7-8,14H,2,10-12,16H2,1H3. The van der Waals surface area contributed by atoms with E-state index in [4.69, 9.17) is 10.5 Å². The predicted octanol–water partition coefficient (Wildman–Crippen LogP) is 2.05. The molecule has 0 aliphatic rings. The van der Waals surface area contributed by atoms with Crippen molar-refractivity contribution in [2.75, 3.05) is 18.1 Å². The molecule has 19 heavy (non-hydrogen) atoms. The molecule has 4 heteroatoms. The van der Waals surface area contributed by atoms with E-state index in [2.05, 4.69) is 11.8 Å². The number of carbonyl (C=O) groups excluding carboxylic acids is 1. The molecule has 102 valence electrons. The zero-order valence-corrected chi connectivity index (χ0v) is 11.9. The Labute approximate surface area is 118 Å². The highest BCUT2D eigenvalue weighted by Gasteiger charge is 2.13. The lowest BCUT2D eigenvalue weighted by Crippen LogP contribution is -2.32. The molecule has 0 aromatic heterocycles. The van der Waals surface area contributed by atoms with E-state index in [0.29, 0.717) is 13.0 Å². The summed E-state index contributed by atoms with van der Waals surface area (Å²) in [6, 6.07) is 9.35. The van der Waals surface area contributed by atoms with Crippen molar-refractivity contribution in [2.45, 2.75) is 19.4 Å². The molecule has 1 unspecified atom stereocenters. The molecule has 1 aromatic carbocycles. The molecule has 0 spiro atoms. The Balaban J connectivity index is 2.15. The second kappa shape index (κ2) is 9.48. The first kappa shape index (κ1) is 15.6. The normalized spacial score (nSPS) is 11.3. The van der Waals surface area contributed by atoms with Gasteiger partial charge in [-0.15, -0.1) is 11.8 Å². The first-order chi connectivity index (χ1) is 9.24. The molecule has 0 aliphatic heterocycles. The van der Waals surface area contributed by atoms with Crippen LogP contribution in [-0.2, 0) is 9.53 Å². The number of ether oxygens (including phenoxy) is 1. The summed E-state index contributed by atoms with van der Waals surface area (Å²) in [5.41, 5.74) is 6.70. The summed E-state index contributed by atoms with van der Waals surface area (Å²) in [5, 5.41) is 0. The highest BCUT2D eigenvalue weighted by atomic mass is 32.2. The monoisotopic (exact) mass is 277 g/mol. The van der Waals surface area contributed by atoms with Crippen LogP contribution in [0.5, 0.6) is 0 Å². The Kier molecular flexibility index (Phi) is 7.80. The van der Waals surface area contributed by atoms with Gasteiger partial charge in [-0.05, 0) is 31.2 Å². The summed E-state index contributed by atoms with van der Waals surface area (Å²) in [5.74, 6) is 7.40. The molecule has 2 N–H and O–H groups in total. The van der Waals surface area contributed by atoms with Crippen molar-refractivity contribution >= 4 is 17.7 Å². The van der Waals surface area contributed by atoms with Crippen LogP contribution in [0.3, 0.4) is 0 Å². The van der Waals surface area contributed by atoms with Crippen LogP contribution in [0, 0.1) is 11.8 Å². The van der Waals surface area contributed by atoms with Gasteiger partial charge in [-0.3, -0.25) is 4.79 Å². The van der Waals surface area contributed by atoms with E-state index in [9.17, 15) is 4.79 Å². The van der Waals surface area contributed by atoms with E-state index >= 15 is 0 Å². The van der Waals surface area contributed by atoms with Gasteiger partial charge in [0.15, 0.2) is 0 Å². The number of rotatable bonds is 6. The molecule has 1 rings (SSSR count). The van der Waals surface area contributed by atoms with E-state index < -0.39 is 6.04 Å². The highest BCUT2D eigenvalue weighted by Crippen LogP contribution is 2.04. The minimum atomic E-state index is -0.519. The summed E-state index contributed by atoms with van der Waals surface area (Å²) >= 11 is 1.67. The summed E-state index contributed by atoms with van der Waals surface area (Å²) in [6.07, 6.45) is 0.622. The van der Waals surface area contributed by atoms with Gasteiger partial charge in [0.05, 0.1) is 12.4 Å². The maximum absolute atomic E-state index is 11.3. The van der Waals surface area contributed by atoms with Crippen molar-refractivity contribution in [3.63, 3.8) is 0 Å². The number of thioether (sulfide) groups is 1. The van der Waals surface area contributed by atoms with Gasteiger partial charge in [0, 0.05) is 5.56 Å². The van der Waals surface area contributed by atoms with E-state index in [0.717, 1.165) is 17.1 Å². The van der Waals surface area contributed by atoms with Crippen molar-refractivity contribution in [1.82, 2.24) is 0 Å². The van der Waals surface area contributed by atoms with Gasteiger partial charge < -0.3 is 10.5 Å². The van der Waals surface area contributed by atoms with Crippen molar-refractivity contribution in [3.05, 3.63) is 35.9 Å². The SMILES string of the molecule is CCOC(=O)C(N)CCSCC#Cc1ccccc1. The number of esters is 1. The lowest BCUT2D eigenvalue weighted by atomic mass is 10.2. The molecule has 0 saturated heterocycles. The molecule has 0 aliphatic carbocycles. The summed E-state index contributed by atoms with van der Waals surface area (Å²) in [7, 11) is 0. The van der Waals surface area contributed by atoms with Crippen molar-refractivity contribution in [1.29, 1.82) is 0 Å². The maximum atomic E-state index is 11.3. The topological polar surface area (TPSA) is 52.3 Å². The first-order valence-corrected chi connectivity index (χ1v) is 7.43. The molecule has 0 fully saturated rings. The van der Waals surface area contributed by atoms with Crippen LogP contribution in [0.2, 0.25) is 0 Å². The molecule has 0 radical (unpaired) electrons. The number of nitrogens with two attached hydrogens (primary N) is 1. The minimum Gasteiger partial charge on any atom is -0.465 e. The second-order valence-corrected chi connectivity index (χ2v) is 4.97. The molecule has 0 amide bonds. The van der Waals surface area contributed by atoms with Gasteiger partial charge in [0.2, 0.25) is 0 Å². The second-order valence-electron chi connectivity index (χ2n) is 3.87. The Hall–Kier alpha value is -1.44. The molecule has 1 atom stereocenters. The largest absolute Gasteiger partial charge is 0.465 e. The van der Waals surface area contributed by atoms with Gasteiger partial charge in [0.1, 0.15) is 6.04 Å². The summed E-state index contributed by atoms with van der Waals surface area (Å²) in [6.45, 7) is 2.15. The van der Waals surface area contributed by atoms with Gasteiger partial charge >= 0.3 is 5.97 Å². The van der Waals surface area contributed by atoms with E-state index in [1.807, 2.05) is 30.3 Å². The zero-order chi connectivity index (χ0) is 13.9. The maximum Gasteiger partial charge on any atom is 0.322 e. The van der Waals surface area contributed by atoms with Crippen LogP contribution >= 0.6 is 11.8 Å². The molecular weight excluding hydrogens is 258 g/mol. The Morgan fingerprint density at radius 3 is 2.84 bits per heavy atom. The fourth-order valence-corrected chi connectivity index (χ4v) is 2.10. The minimum absolute atomic E-state index is 0.321. The fraction of sp³-hybridized carbons (Fsp3) is 0.400. The third-order valence-electron chi connectivity index (χ3n) is 2.34. The lowest BCUT2D eigenvalue weighted by Gasteiger charge is -2.09. The average Bonchev–Trinajstić information content (AvgIpc) is 2.43. The average molecular weight is 277 g/mol. The summed E-state index contributed by atoms with van der Waals surface area (Å²) in [4.78, 5) is 11.3. The van der Waals surface area contributed by atoms with E-state index in [-0.39, 0.29) is 5.97 Å². The summed E-state index contributed by atoms with van der Waals surface area (Å²) < 4.78 is 4.84. The fourth-order valence-electron chi connectivity index (χ4n) is 1.36. The Morgan fingerprint density at radius 2 is 2.16 bits per heavy atom. The molecule has 1 aromatic rings. The molecule has 0 heterocycles. The molecule has 3 nitrogen and oxygen atoms in total. The smallest absolute Gasteiger partial charge is 0.322 e. The van der Waals surface area contributed by atoms with Crippen LogP contribution < -0.4 is 5.73 Å². The van der Waals surface area contributed by atoms with Crippen molar-refractivity contribution in [2.24, 2.45) is 5.73 Å². The van der Waals surface area contributed by atoms with Crippen LogP contribution in [-0.4, -0.2) is 30.1 Å². The third-order valence-corrected chi connectivity index (χ3v) is 3.22. The number of benzene rings is 1. The number of carbonyl (C=O) groups is 1. The van der Waals surface area contributed by atoms with Gasteiger partial charge in [0.25, 0.3) is 0 Å². The van der Waals surface area contributed by atoms with Crippen molar-refractivity contribution < 1.29 is 9.53 Å². The molecule has 0 saturated carbocycles. The van der Waals surface area contributed by atoms with Crippen LogP contribution in [0.15, 0.2) is 30.3 Å². The quantitative estimate of drug-likeness (QED) is 0.491. The Morgan fingerprint density at radius 1 is 1.42 bits per heavy atom. The van der Waals surface area contributed by atoms with Gasteiger partial charge in [-0.25, -0.2) is 0 Å². The zero-order valence-electron chi connectivity index (χ0n) is 11.1. The van der Waals surface area contributed by atoms with Crippen LogP contribution in [0.1, 0.15) is 18.9 Å². The number of hydrogen-bond acceptors (Lipinski definition) is 4. The van der Waals surface area contributed by atoms with E-state index in [1.165, 1.54) is 0 Å². The van der Waals surface area contributed by atoms with Gasteiger partial charge in [-0.2, -0.15) is 0 Å². The predicted molar refractivity (Wildman–Crippen MR) is 79.9 cm³/mol. The Bertz CT molecular complexity index is 436. The number of hydrogen-bond donors (Lipinski definition) is 1. The molecular formula is C15H19NO2S. The molecule has 0 bridgehead atoms. The van der Waals surface area contributed by atoms with Gasteiger partial charge in [-0.1, -0.05) is 30.0 Å².